The molecule has 0 N–H and O–H groups in total. The van der Waals surface area contributed by atoms with E-state index in [1.807, 2.05) is 44.2 Å². The van der Waals surface area contributed by atoms with Crippen LogP contribution in [-0.4, -0.2) is 16.5 Å². The van der Waals surface area contributed by atoms with Crippen molar-refractivity contribution in [2.45, 2.75) is 18.9 Å². The molecule has 19 heavy (non-hydrogen) atoms. The molecule has 0 bridgehead atoms. The van der Waals surface area contributed by atoms with E-state index in [1.165, 1.54) is 17.3 Å². The molecule has 0 radical (unpaired) electrons. The third-order valence-electron chi connectivity index (χ3n) is 2.73. The number of benzene rings is 1. The average Bonchev–Trinajstić information content (AvgIpc) is 2.37. The summed E-state index contributed by atoms with van der Waals surface area (Å²) in [4.78, 5) is 16.4. The minimum Gasteiger partial charge on any atom is -0.293 e. The van der Waals surface area contributed by atoms with Crippen LogP contribution >= 0.6 is 27.7 Å². The van der Waals surface area contributed by atoms with Crippen LogP contribution in [0.2, 0.25) is 0 Å². The van der Waals surface area contributed by atoms with E-state index in [0.29, 0.717) is 5.75 Å². The molecule has 0 unspecified atom stereocenters. The van der Waals surface area contributed by atoms with Gasteiger partial charge < -0.3 is 0 Å². The predicted octanol–water partition coefficient (Wildman–Crippen LogP) is 4.44. The first-order valence-corrected chi connectivity index (χ1v) is 7.69. The van der Waals surface area contributed by atoms with Crippen LogP contribution in [0.25, 0.3) is 0 Å². The number of hydrogen-bond donors (Lipinski definition) is 0. The minimum absolute atomic E-state index is 0.146. The number of ketones is 1. The summed E-state index contributed by atoms with van der Waals surface area (Å²) in [6.45, 7) is 4.00. The molecule has 0 atom stereocenters. The monoisotopic (exact) mass is 335 g/mol. The van der Waals surface area contributed by atoms with Crippen molar-refractivity contribution in [3.05, 3.63) is 57.7 Å². The number of Topliss-reactive ketones (excluding diaryl/α,β-unsaturated/α-hetero) is 1. The van der Waals surface area contributed by atoms with Crippen LogP contribution in [0.4, 0.5) is 0 Å². The molecule has 1 heterocycles. The molecule has 2 aromatic rings. The molecular weight excluding hydrogens is 322 g/mol. The van der Waals surface area contributed by atoms with Crippen LogP contribution in [0.3, 0.4) is 0 Å². The van der Waals surface area contributed by atoms with Gasteiger partial charge in [-0.15, -0.1) is 0 Å². The maximum Gasteiger partial charge on any atom is 0.173 e. The van der Waals surface area contributed by atoms with Crippen LogP contribution in [0.15, 0.2) is 46.0 Å². The van der Waals surface area contributed by atoms with Crippen molar-refractivity contribution in [2.75, 3.05) is 5.75 Å². The summed E-state index contributed by atoms with van der Waals surface area (Å²) < 4.78 is 0.942. The number of hydrogen-bond acceptors (Lipinski definition) is 3. The van der Waals surface area contributed by atoms with Gasteiger partial charge >= 0.3 is 0 Å². The molecule has 0 spiro atoms. The highest BCUT2D eigenvalue weighted by molar-refractivity contribution is 9.10. The van der Waals surface area contributed by atoms with E-state index < -0.39 is 0 Å². The van der Waals surface area contributed by atoms with Crippen molar-refractivity contribution >= 4 is 33.5 Å². The second-order valence-corrected chi connectivity index (χ2v) is 6.26. The lowest BCUT2D eigenvalue weighted by atomic mass is 10.0. The number of thioether (sulfide) groups is 1. The Morgan fingerprint density at radius 3 is 2.68 bits per heavy atom. The highest BCUT2D eigenvalue weighted by Gasteiger charge is 2.10. The number of halogens is 1. The van der Waals surface area contributed by atoms with E-state index in [0.717, 1.165) is 20.6 Å². The van der Waals surface area contributed by atoms with Gasteiger partial charge in [0.1, 0.15) is 0 Å². The first kappa shape index (κ1) is 14.3. The van der Waals surface area contributed by atoms with Crippen LogP contribution in [-0.2, 0) is 0 Å². The van der Waals surface area contributed by atoms with Gasteiger partial charge in [-0.2, -0.15) is 0 Å². The predicted molar refractivity (Wildman–Crippen MR) is 82.9 cm³/mol. The molecule has 0 fully saturated rings. The number of pyridine rings is 1. The summed E-state index contributed by atoms with van der Waals surface area (Å²) in [5, 5.41) is 0.862. The summed E-state index contributed by atoms with van der Waals surface area (Å²) >= 11 is 4.80. The second kappa shape index (κ2) is 6.35. The Morgan fingerprint density at radius 2 is 2.05 bits per heavy atom. The average molecular weight is 336 g/mol. The van der Waals surface area contributed by atoms with E-state index in [-0.39, 0.29) is 5.78 Å². The number of aryl methyl sites for hydroxylation is 2. The summed E-state index contributed by atoms with van der Waals surface area (Å²) in [5.41, 5.74) is 3.01. The number of carbonyl (C=O) groups is 1. The zero-order valence-electron chi connectivity index (χ0n) is 10.8. The lowest BCUT2D eigenvalue weighted by Gasteiger charge is -2.05. The smallest absolute Gasteiger partial charge is 0.173 e. The third kappa shape index (κ3) is 3.91. The van der Waals surface area contributed by atoms with Gasteiger partial charge in [-0.05, 0) is 47.5 Å². The Balaban J connectivity index is 2.03. The van der Waals surface area contributed by atoms with Gasteiger partial charge in [0.15, 0.2) is 5.78 Å². The van der Waals surface area contributed by atoms with E-state index in [4.69, 9.17) is 0 Å². The van der Waals surface area contributed by atoms with E-state index in [1.54, 1.807) is 6.20 Å². The quantitative estimate of drug-likeness (QED) is 0.611. The van der Waals surface area contributed by atoms with Crippen molar-refractivity contribution in [3.8, 4) is 0 Å². The highest BCUT2D eigenvalue weighted by Crippen LogP contribution is 2.20. The number of carbonyl (C=O) groups excluding carboxylic acids is 1. The van der Waals surface area contributed by atoms with Gasteiger partial charge in [0.2, 0.25) is 0 Å². The molecule has 0 saturated heterocycles. The first-order chi connectivity index (χ1) is 9.06. The highest BCUT2D eigenvalue weighted by atomic mass is 79.9. The second-order valence-electron chi connectivity index (χ2n) is 4.34. The fourth-order valence-electron chi connectivity index (χ4n) is 1.79. The van der Waals surface area contributed by atoms with Gasteiger partial charge in [-0.1, -0.05) is 35.5 Å². The number of rotatable bonds is 4. The number of aromatic nitrogens is 1. The Labute approximate surface area is 125 Å². The van der Waals surface area contributed by atoms with Crippen molar-refractivity contribution < 1.29 is 4.79 Å². The van der Waals surface area contributed by atoms with E-state index in [9.17, 15) is 4.79 Å². The minimum atomic E-state index is 0.146. The molecular formula is C15H14BrNOS. The summed E-state index contributed by atoms with van der Waals surface area (Å²) in [5.74, 6) is 0.561. The zero-order valence-corrected chi connectivity index (χ0v) is 13.2. The summed E-state index contributed by atoms with van der Waals surface area (Å²) in [7, 11) is 0. The molecule has 4 heteroatoms. The summed E-state index contributed by atoms with van der Waals surface area (Å²) in [6, 6.07) is 9.75. The van der Waals surface area contributed by atoms with Gasteiger partial charge in [-0.3, -0.25) is 4.79 Å². The molecule has 1 aromatic heterocycles. The van der Waals surface area contributed by atoms with E-state index in [2.05, 4.69) is 20.9 Å². The third-order valence-corrected chi connectivity index (χ3v) is 4.15. The zero-order chi connectivity index (χ0) is 13.8. The topological polar surface area (TPSA) is 30.0 Å². The maximum atomic E-state index is 12.2. The van der Waals surface area contributed by atoms with E-state index >= 15 is 0 Å². The Bertz CT molecular complexity index is 596. The summed E-state index contributed by atoms with van der Waals surface area (Å²) in [6.07, 6.45) is 1.74. The molecule has 0 amide bonds. The van der Waals surface area contributed by atoms with Crippen LogP contribution < -0.4 is 0 Å². The van der Waals surface area contributed by atoms with Crippen molar-refractivity contribution in [2.24, 2.45) is 0 Å². The van der Waals surface area contributed by atoms with Crippen molar-refractivity contribution in [1.29, 1.82) is 0 Å². The fourth-order valence-corrected chi connectivity index (χ4v) is 2.75. The maximum absolute atomic E-state index is 12.2. The largest absolute Gasteiger partial charge is 0.293 e. The van der Waals surface area contributed by atoms with Crippen LogP contribution in [0, 0.1) is 13.8 Å². The lowest BCUT2D eigenvalue weighted by Crippen LogP contribution is -2.05. The Morgan fingerprint density at radius 1 is 1.26 bits per heavy atom. The first-order valence-electron chi connectivity index (χ1n) is 5.91. The van der Waals surface area contributed by atoms with Gasteiger partial charge in [0.05, 0.1) is 10.8 Å². The van der Waals surface area contributed by atoms with Crippen molar-refractivity contribution in [1.82, 2.24) is 4.98 Å². The molecule has 0 aliphatic rings. The fraction of sp³-hybridized carbons (Fsp3) is 0.200. The SMILES string of the molecule is Cc1ccc(C(=O)CSc2ccc(Br)cn2)c(C)c1. The molecule has 0 aliphatic heterocycles. The van der Waals surface area contributed by atoms with Gasteiger partial charge in [-0.25, -0.2) is 4.98 Å². The molecule has 98 valence electrons. The molecule has 2 rings (SSSR count). The van der Waals surface area contributed by atoms with Crippen LogP contribution in [0.1, 0.15) is 21.5 Å². The van der Waals surface area contributed by atoms with Crippen molar-refractivity contribution in [3.63, 3.8) is 0 Å². The Kier molecular flexibility index (Phi) is 4.77. The standard InChI is InChI=1S/C15H14BrNOS/c1-10-3-5-13(11(2)7-10)14(18)9-19-15-6-4-12(16)8-17-15/h3-8H,9H2,1-2H3. The molecule has 0 aliphatic carbocycles. The number of nitrogens with zero attached hydrogens (tertiary/aromatic N) is 1. The lowest BCUT2D eigenvalue weighted by molar-refractivity contribution is 0.102. The van der Waals surface area contributed by atoms with Crippen LogP contribution in [0.5, 0.6) is 0 Å². The molecule has 0 saturated carbocycles. The van der Waals surface area contributed by atoms with Gasteiger partial charge in [0.25, 0.3) is 0 Å². The Hall–Kier alpha value is -1.13. The normalized spacial score (nSPS) is 10.5. The molecule has 2 nitrogen and oxygen atoms in total. The van der Waals surface area contributed by atoms with Gasteiger partial charge in [0, 0.05) is 16.2 Å². The molecule has 1 aromatic carbocycles.